The summed E-state index contributed by atoms with van der Waals surface area (Å²) in [4.78, 5) is 21.3. The van der Waals surface area contributed by atoms with Crippen LogP contribution < -0.4 is 5.56 Å². The number of hydrogen-bond donors (Lipinski definition) is 1. The molecule has 0 atom stereocenters. The summed E-state index contributed by atoms with van der Waals surface area (Å²) in [7, 11) is 0. The number of H-pyrrole nitrogens is 1. The Morgan fingerprint density at radius 2 is 1.93 bits per heavy atom. The van der Waals surface area contributed by atoms with Gasteiger partial charge in [0, 0.05) is 11.6 Å². The number of aromatic amines is 1. The fourth-order valence-electron chi connectivity index (χ4n) is 2.83. The van der Waals surface area contributed by atoms with Gasteiger partial charge >= 0.3 is 6.18 Å². The maximum absolute atomic E-state index is 12.9. The van der Waals surface area contributed by atoms with Crippen LogP contribution in [0.15, 0.2) is 47.3 Å². The molecule has 0 saturated heterocycles. The van der Waals surface area contributed by atoms with Crippen LogP contribution in [0.1, 0.15) is 23.9 Å². The number of nitrogens with one attached hydrogen (secondary N) is 1. The van der Waals surface area contributed by atoms with Gasteiger partial charge in [-0.25, -0.2) is 4.98 Å². The van der Waals surface area contributed by atoms with Crippen LogP contribution in [0.4, 0.5) is 13.2 Å². The van der Waals surface area contributed by atoms with E-state index in [4.69, 9.17) is 11.6 Å². The predicted molar refractivity (Wildman–Crippen MR) is 98.6 cm³/mol. The van der Waals surface area contributed by atoms with Gasteiger partial charge in [0.1, 0.15) is 5.82 Å². The second kappa shape index (κ2) is 7.70. The third kappa shape index (κ3) is 4.67. The molecular weight excluding hydrogens is 379 g/mol. The van der Waals surface area contributed by atoms with Crippen molar-refractivity contribution in [2.75, 3.05) is 6.54 Å². The molecule has 1 heterocycles. The summed E-state index contributed by atoms with van der Waals surface area (Å²) in [6.45, 7) is 3.07. The Hall–Kier alpha value is -2.38. The molecule has 0 amide bonds. The predicted octanol–water partition coefficient (Wildman–Crippen LogP) is 4.62. The van der Waals surface area contributed by atoms with Gasteiger partial charge in [-0.15, -0.1) is 0 Å². The Morgan fingerprint density at radius 1 is 1.15 bits per heavy atom. The van der Waals surface area contributed by atoms with E-state index < -0.39 is 11.7 Å². The van der Waals surface area contributed by atoms with E-state index in [1.165, 1.54) is 6.07 Å². The van der Waals surface area contributed by atoms with E-state index in [1.807, 2.05) is 11.8 Å². The van der Waals surface area contributed by atoms with Crippen LogP contribution in [0.2, 0.25) is 5.02 Å². The average Bonchev–Trinajstić information content (AvgIpc) is 2.60. The van der Waals surface area contributed by atoms with E-state index in [2.05, 4.69) is 9.97 Å². The molecule has 2 aromatic carbocycles. The Bertz CT molecular complexity index is 1020. The molecule has 4 nitrogen and oxygen atoms in total. The molecule has 27 heavy (non-hydrogen) atoms. The SMILES string of the molecule is CCN(Cc1cccc(C(F)(F)F)c1)Cc1nc2cc(Cl)ccc2c(=O)[nH]1. The van der Waals surface area contributed by atoms with Crippen LogP contribution in [-0.2, 0) is 19.3 Å². The first-order valence-electron chi connectivity index (χ1n) is 8.33. The van der Waals surface area contributed by atoms with Crippen molar-refractivity contribution in [2.45, 2.75) is 26.2 Å². The first-order chi connectivity index (χ1) is 12.8. The second-order valence-electron chi connectivity index (χ2n) is 6.18. The number of halogens is 4. The van der Waals surface area contributed by atoms with Crippen molar-refractivity contribution < 1.29 is 13.2 Å². The van der Waals surface area contributed by atoms with E-state index in [1.54, 1.807) is 24.3 Å². The smallest absolute Gasteiger partial charge is 0.309 e. The van der Waals surface area contributed by atoms with Gasteiger partial charge < -0.3 is 4.98 Å². The summed E-state index contributed by atoms with van der Waals surface area (Å²) in [5.41, 5.74) is 0.0685. The van der Waals surface area contributed by atoms with Gasteiger partial charge in [0.15, 0.2) is 0 Å². The van der Waals surface area contributed by atoms with Crippen LogP contribution >= 0.6 is 11.6 Å². The van der Waals surface area contributed by atoms with Crippen LogP contribution in [0.25, 0.3) is 10.9 Å². The lowest BCUT2D eigenvalue weighted by Crippen LogP contribution is -2.25. The molecule has 0 bridgehead atoms. The molecule has 142 valence electrons. The molecule has 0 spiro atoms. The maximum Gasteiger partial charge on any atom is 0.416 e. The lowest BCUT2D eigenvalue weighted by Gasteiger charge is -2.20. The van der Waals surface area contributed by atoms with Crippen LogP contribution in [0.5, 0.6) is 0 Å². The third-order valence-corrected chi connectivity index (χ3v) is 4.43. The average molecular weight is 396 g/mol. The summed E-state index contributed by atoms with van der Waals surface area (Å²) in [5.74, 6) is 0.434. The third-order valence-electron chi connectivity index (χ3n) is 4.20. The summed E-state index contributed by atoms with van der Waals surface area (Å²) in [6.07, 6.45) is -4.38. The van der Waals surface area contributed by atoms with E-state index in [0.717, 1.165) is 12.1 Å². The minimum absolute atomic E-state index is 0.276. The molecule has 0 radical (unpaired) electrons. The van der Waals surface area contributed by atoms with Crippen molar-refractivity contribution >= 4 is 22.5 Å². The first kappa shape index (κ1) is 19.4. The Balaban J connectivity index is 1.83. The number of nitrogens with zero attached hydrogens (tertiary/aromatic N) is 2. The Labute approximate surface area is 158 Å². The van der Waals surface area contributed by atoms with E-state index in [9.17, 15) is 18.0 Å². The molecule has 0 saturated carbocycles. The highest BCUT2D eigenvalue weighted by Gasteiger charge is 2.30. The lowest BCUT2D eigenvalue weighted by atomic mass is 10.1. The topological polar surface area (TPSA) is 49.0 Å². The van der Waals surface area contributed by atoms with E-state index >= 15 is 0 Å². The molecule has 0 aliphatic carbocycles. The standard InChI is InChI=1S/C19H17ClF3N3O/c1-2-26(10-12-4-3-5-13(8-12)19(21,22)23)11-17-24-16-9-14(20)6-7-15(16)18(27)25-17/h3-9H,2,10-11H2,1H3,(H,24,25,27). The van der Waals surface area contributed by atoms with Crippen molar-refractivity contribution in [2.24, 2.45) is 0 Å². The minimum Gasteiger partial charge on any atom is -0.309 e. The van der Waals surface area contributed by atoms with Gasteiger partial charge in [0.25, 0.3) is 5.56 Å². The molecule has 0 aliphatic heterocycles. The first-order valence-corrected chi connectivity index (χ1v) is 8.71. The van der Waals surface area contributed by atoms with Crippen molar-refractivity contribution in [3.63, 3.8) is 0 Å². The maximum atomic E-state index is 12.9. The summed E-state index contributed by atoms with van der Waals surface area (Å²) in [5, 5.41) is 0.909. The summed E-state index contributed by atoms with van der Waals surface area (Å²) >= 11 is 5.96. The summed E-state index contributed by atoms with van der Waals surface area (Å²) < 4.78 is 38.7. The van der Waals surface area contributed by atoms with Crippen LogP contribution in [0, 0.1) is 0 Å². The van der Waals surface area contributed by atoms with Gasteiger partial charge in [-0.2, -0.15) is 13.2 Å². The molecule has 0 fully saturated rings. The van der Waals surface area contributed by atoms with Crippen LogP contribution in [0.3, 0.4) is 0 Å². The summed E-state index contributed by atoms with van der Waals surface area (Å²) in [6, 6.07) is 10.1. The fraction of sp³-hybridized carbons (Fsp3) is 0.263. The lowest BCUT2D eigenvalue weighted by molar-refractivity contribution is -0.137. The zero-order valence-corrected chi connectivity index (χ0v) is 15.2. The Kier molecular flexibility index (Phi) is 5.53. The zero-order valence-electron chi connectivity index (χ0n) is 14.5. The van der Waals surface area contributed by atoms with Gasteiger partial charge in [-0.1, -0.05) is 36.7 Å². The number of benzene rings is 2. The molecule has 1 N–H and O–H groups in total. The second-order valence-corrected chi connectivity index (χ2v) is 6.61. The zero-order chi connectivity index (χ0) is 19.6. The molecule has 0 unspecified atom stereocenters. The number of rotatable bonds is 5. The van der Waals surface area contributed by atoms with Crippen molar-refractivity contribution in [3.8, 4) is 0 Å². The largest absolute Gasteiger partial charge is 0.416 e. The molecule has 1 aromatic heterocycles. The molecular formula is C19H17ClF3N3O. The number of hydrogen-bond acceptors (Lipinski definition) is 3. The highest BCUT2D eigenvalue weighted by atomic mass is 35.5. The van der Waals surface area contributed by atoms with E-state index in [0.29, 0.717) is 46.9 Å². The minimum atomic E-state index is -4.38. The van der Waals surface area contributed by atoms with Crippen LogP contribution in [-0.4, -0.2) is 21.4 Å². The Morgan fingerprint density at radius 3 is 2.63 bits per heavy atom. The highest BCUT2D eigenvalue weighted by molar-refractivity contribution is 6.31. The molecule has 8 heteroatoms. The molecule has 3 aromatic rings. The van der Waals surface area contributed by atoms with Gasteiger partial charge in [-0.3, -0.25) is 9.69 Å². The highest BCUT2D eigenvalue weighted by Crippen LogP contribution is 2.29. The van der Waals surface area contributed by atoms with Gasteiger partial charge in [0.2, 0.25) is 0 Å². The fourth-order valence-corrected chi connectivity index (χ4v) is 3.00. The number of aromatic nitrogens is 2. The van der Waals surface area contributed by atoms with Crippen molar-refractivity contribution in [1.82, 2.24) is 14.9 Å². The molecule has 3 rings (SSSR count). The van der Waals surface area contributed by atoms with Crippen molar-refractivity contribution in [1.29, 1.82) is 0 Å². The van der Waals surface area contributed by atoms with E-state index in [-0.39, 0.29) is 5.56 Å². The quantitative estimate of drug-likeness (QED) is 0.686. The number of alkyl halides is 3. The normalized spacial score (nSPS) is 12.1. The monoisotopic (exact) mass is 395 g/mol. The number of fused-ring (bicyclic) bond motifs is 1. The van der Waals surface area contributed by atoms with Gasteiger partial charge in [-0.05, 0) is 36.4 Å². The van der Waals surface area contributed by atoms with Crippen molar-refractivity contribution in [3.05, 3.63) is 74.8 Å². The van der Waals surface area contributed by atoms with Gasteiger partial charge in [0.05, 0.1) is 23.0 Å². The molecule has 0 aliphatic rings.